The molecule has 1 aliphatic heterocycles. The summed E-state index contributed by atoms with van der Waals surface area (Å²) < 4.78 is 24.6. The van der Waals surface area contributed by atoms with Crippen molar-refractivity contribution in [2.75, 3.05) is 19.0 Å². The molecule has 2 aromatic carbocycles. The number of nitrogens with one attached hydrogen (secondary N) is 2. The van der Waals surface area contributed by atoms with Crippen LogP contribution in [-0.2, 0) is 4.79 Å². The number of methoxy groups -OCH3 is 1. The van der Waals surface area contributed by atoms with E-state index in [-0.39, 0.29) is 11.7 Å². The van der Waals surface area contributed by atoms with Crippen LogP contribution in [0.4, 0.5) is 10.1 Å². The average molecular weight is 374 g/mol. The van der Waals surface area contributed by atoms with Crippen LogP contribution < -0.4 is 20.1 Å². The topological polar surface area (TPSA) is 59.6 Å². The summed E-state index contributed by atoms with van der Waals surface area (Å²) in [5.41, 5.74) is 0.725. The second-order valence-electron chi connectivity index (χ2n) is 5.45. The molecule has 0 radical (unpaired) electrons. The summed E-state index contributed by atoms with van der Waals surface area (Å²) in [6.45, 7) is 2.41. The van der Waals surface area contributed by atoms with Gasteiger partial charge in [0.2, 0.25) is 0 Å². The first-order chi connectivity index (χ1) is 12.6. The number of carbonyl (C=O) groups is 1. The Kier molecular flexibility index (Phi) is 5.68. The van der Waals surface area contributed by atoms with Gasteiger partial charge in [-0.15, -0.1) is 0 Å². The molecule has 0 aliphatic carbocycles. The molecule has 1 heterocycles. The van der Waals surface area contributed by atoms with E-state index in [1.165, 1.54) is 17.8 Å². The first kappa shape index (κ1) is 18.1. The molecule has 136 valence electrons. The van der Waals surface area contributed by atoms with E-state index in [1.54, 1.807) is 37.5 Å². The number of hydrogen-bond acceptors (Lipinski definition) is 5. The van der Waals surface area contributed by atoms with Crippen LogP contribution in [0.1, 0.15) is 12.5 Å². The number of anilines is 1. The molecule has 1 fully saturated rings. The molecular formula is C19H19FN2O3S. The van der Waals surface area contributed by atoms with Crippen molar-refractivity contribution >= 4 is 29.4 Å². The zero-order valence-corrected chi connectivity index (χ0v) is 15.2. The maximum atomic E-state index is 13.7. The van der Waals surface area contributed by atoms with Gasteiger partial charge in [-0.25, -0.2) is 4.39 Å². The molecule has 3 rings (SSSR count). The molecule has 1 unspecified atom stereocenters. The van der Waals surface area contributed by atoms with Crippen LogP contribution in [0.2, 0.25) is 0 Å². The van der Waals surface area contributed by atoms with E-state index < -0.39 is 5.50 Å². The zero-order valence-electron chi connectivity index (χ0n) is 14.4. The number of halogens is 1. The van der Waals surface area contributed by atoms with Crippen molar-refractivity contribution in [2.45, 2.75) is 12.4 Å². The van der Waals surface area contributed by atoms with Gasteiger partial charge in [-0.1, -0.05) is 30.0 Å². The monoisotopic (exact) mass is 374 g/mol. The molecule has 26 heavy (non-hydrogen) atoms. The first-order valence-corrected chi connectivity index (χ1v) is 8.99. The highest BCUT2D eigenvalue weighted by Gasteiger charge is 2.27. The molecule has 1 saturated heterocycles. The maximum absolute atomic E-state index is 13.7. The van der Waals surface area contributed by atoms with Crippen molar-refractivity contribution in [1.82, 2.24) is 5.32 Å². The quantitative estimate of drug-likeness (QED) is 0.753. The Morgan fingerprint density at radius 1 is 1.27 bits per heavy atom. The van der Waals surface area contributed by atoms with Gasteiger partial charge in [0.1, 0.15) is 5.82 Å². The molecule has 0 bridgehead atoms. The minimum Gasteiger partial charge on any atom is -0.493 e. The third-order valence-corrected chi connectivity index (χ3v) is 4.71. The van der Waals surface area contributed by atoms with E-state index in [1.807, 2.05) is 19.1 Å². The Labute approximate surface area is 155 Å². The van der Waals surface area contributed by atoms with E-state index in [0.717, 1.165) is 5.56 Å². The van der Waals surface area contributed by atoms with Crippen molar-refractivity contribution in [3.05, 3.63) is 58.8 Å². The highest BCUT2D eigenvalue weighted by molar-refractivity contribution is 8.05. The number of carbonyl (C=O) groups excluding carboxylic acids is 1. The second-order valence-corrected chi connectivity index (χ2v) is 6.59. The lowest BCUT2D eigenvalue weighted by atomic mass is 10.2. The predicted octanol–water partition coefficient (Wildman–Crippen LogP) is 3.83. The lowest BCUT2D eigenvalue weighted by Gasteiger charge is -2.13. The fraction of sp³-hybridized carbons (Fsp3) is 0.211. The maximum Gasteiger partial charge on any atom is 0.260 e. The summed E-state index contributed by atoms with van der Waals surface area (Å²) in [7, 11) is 1.58. The molecule has 5 nitrogen and oxygen atoms in total. The van der Waals surface area contributed by atoms with Crippen molar-refractivity contribution < 1.29 is 18.7 Å². The fourth-order valence-electron chi connectivity index (χ4n) is 2.49. The van der Waals surface area contributed by atoms with Gasteiger partial charge < -0.3 is 20.1 Å². The summed E-state index contributed by atoms with van der Waals surface area (Å²) in [6, 6.07) is 11.8. The number of hydrogen-bond donors (Lipinski definition) is 2. The van der Waals surface area contributed by atoms with E-state index in [0.29, 0.717) is 28.7 Å². The van der Waals surface area contributed by atoms with Crippen LogP contribution in [0.5, 0.6) is 11.5 Å². The summed E-state index contributed by atoms with van der Waals surface area (Å²) in [5, 5.41) is 5.76. The second kappa shape index (κ2) is 8.14. The van der Waals surface area contributed by atoms with E-state index in [9.17, 15) is 9.18 Å². The third kappa shape index (κ3) is 4.11. The highest BCUT2D eigenvalue weighted by atomic mass is 32.2. The van der Waals surface area contributed by atoms with E-state index in [2.05, 4.69) is 10.6 Å². The lowest BCUT2D eigenvalue weighted by Crippen LogP contribution is -2.31. The number of benzene rings is 2. The first-order valence-electron chi connectivity index (χ1n) is 8.12. The van der Waals surface area contributed by atoms with Gasteiger partial charge >= 0.3 is 0 Å². The van der Waals surface area contributed by atoms with Gasteiger partial charge in [0.15, 0.2) is 17.0 Å². The molecule has 1 aliphatic rings. The smallest absolute Gasteiger partial charge is 0.260 e. The summed E-state index contributed by atoms with van der Waals surface area (Å²) in [4.78, 5) is 12.7. The van der Waals surface area contributed by atoms with Gasteiger partial charge in [0.05, 0.1) is 24.3 Å². The van der Waals surface area contributed by atoms with Crippen LogP contribution in [-0.4, -0.2) is 25.1 Å². The fourth-order valence-corrected chi connectivity index (χ4v) is 3.46. The Balaban J connectivity index is 1.76. The van der Waals surface area contributed by atoms with Gasteiger partial charge in [-0.2, -0.15) is 0 Å². The molecule has 2 N–H and O–H groups in total. The molecule has 0 saturated carbocycles. The molecular weight excluding hydrogens is 355 g/mol. The SMILES string of the molecule is CCOc1cc(/C=C2\SC(Nc3ccccc3F)NC2=O)ccc1OC. The summed E-state index contributed by atoms with van der Waals surface area (Å²) >= 11 is 1.30. The van der Waals surface area contributed by atoms with E-state index >= 15 is 0 Å². The summed E-state index contributed by atoms with van der Waals surface area (Å²) in [5.74, 6) is 0.680. The Hall–Kier alpha value is -2.67. The molecule has 7 heteroatoms. The minimum atomic E-state index is -0.435. The van der Waals surface area contributed by atoms with Crippen LogP contribution in [0.25, 0.3) is 6.08 Å². The minimum absolute atomic E-state index is 0.211. The van der Waals surface area contributed by atoms with Crippen LogP contribution in [0.15, 0.2) is 47.4 Å². The standard InChI is InChI=1S/C19H19FN2O3S/c1-3-25-16-10-12(8-9-15(16)24-2)11-17-18(23)22-19(26-17)21-14-7-5-4-6-13(14)20/h4-11,19,21H,3H2,1-2H3,(H,22,23)/b17-11-. The lowest BCUT2D eigenvalue weighted by molar-refractivity contribution is -0.116. The predicted molar refractivity (Wildman–Crippen MR) is 102 cm³/mol. The Morgan fingerprint density at radius 3 is 2.81 bits per heavy atom. The van der Waals surface area contributed by atoms with Gasteiger partial charge in [0, 0.05) is 0 Å². The molecule has 2 aromatic rings. The van der Waals surface area contributed by atoms with Gasteiger partial charge in [-0.05, 0) is 42.8 Å². The number of rotatable bonds is 6. The third-order valence-electron chi connectivity index (χ3n) is 3.68. The molecule has 0 spiro atoms. The van der Waals surface area contributed by atoms with Crippen LogP contribution in [0, 0.1) is 5.82 Å². The zero-order chi connectivity index (χ0) is 18.5. The number of thioether (sulfide) groups is 1. The number of para-hydroxylation sites is 1. The van der Waals surface area contributed by atoms with Gasteiger partial charge in [-0.3, -0.25) is 4.79 Å². The van der Waals surface area contributed by atoms with Crippen molar-refractivity contribution in [3.63, 3.8) is 0 Å². The average Bonchev–Trinajstić information content (AvgIpc) is 2.97. The molecule has 0 aromatic heterocycles. The Bertz CT molecular complexity index is 841. The van der Waals surface area contributed by atoms with Crippen molar-refractivity contribution in [1.29, 1.82) is 0 Å². The van der Waals surface area contributed by atoms with Crippen LogP contribution >= 0.6 is 11.8 Å². The Morgan fingerprint density at radius 2 is 2.08 bits per heavy atom. The summed E-state index contributed by atoms with van der Waals surface area (Å²) in [6.07, 6.45) is 1.77. The molecule has 1 amide bonds. The van der Waals surface area contributed by atoms with Crippen molar-refractivity contribution in [3.8, 4) is 11.5 Å². The number of amides is 1. The highest BCUT2D eigenvalue weighted by Crippen LogP contribution is 2.33. The van der Waals surface area contributed by atoms with Gasteiger partial charge in [0.25, 0.3) is 5.91 Å². The molecule has 1 atom stereocenters. The number of ether oxygens (including phenoxy) is 2. The normalized spacial score (nSPS) is 17.9. The van der Waals surface area contributed by atoms with Crippen molar-refractivity contribution in [2.24, 2.45) is 0 Å². The van der Waals surface area contributed by atoms with E-state index in [4.69, 9.17) is 9.47 Å². The van der Waals surface area contributed by atoms with Crippen LogP contribution in [0.3, 0.4) is 0 Å². The largest absolute Gasteiger partial charge is 0.493 e.